The van der Waals surface area contributed by atoms with E-state index in [1.165, 1.54) is 0 Å². The smallest absolute Gasteiger partial charge is 0.368 e. The Morgan fingerprint density at radius 3 is 2.52 bits per heavy atom. The zero-order valence-electron chi connectivity index (χ0n) is 14.6. The number of nitrogens with zero attached hydrogens (tertiary/aromatic N) is 2. The second-order valence-electron chi connectivity index (χ2n) is 6.11. The summed E-state index contributed by atoms with van der Waals surface area (Å²) < 4.78 is 0. The highest BCUT2D eigenvalue weighted by atomic mass is 16.7. The molecular weight excluding hydrogens is 312 g/mol. The Morgan fingerprint density at radius 2 is 1.84 bits per heavy atom. The number of allylic oxidation sites excluding steroid dienone is 2. The average molecular weight is 332 g/mol. The molecule has 25 heavy (non-hydrogen) atoms. The molecule has 126 valence electrons. The highest BCUT2D eigenvalue weighted by Crippen LogP contribution is 2.19. The van der Waals surface area contributed by atoms with E-state index in [1.807, 2.05) is 69.6 Å². The minimum absolute atomic E-state index is 0.427. The summed E-state index contributed by atoms with van der Waals surface area (Å²) in [5, 5.41) is 3.93. The molecule has 0 spiro atoms. The fourth-order valence-corrected chi connectivity index (χ4v) is 2.57. The summed E-state index contributed by atoms with van der Waals surface area (Å²) in [7, 11) is 4.01. The molecule has 0 amide bonds. The first-order chi connectivity index (χ1) is 12.0. The molecule has 1 aliphatic rings. The number of hydrogen-bond acceptors (Lipinski definition) is 4. The van der Waals surface area contributed by atoms with Crippen LogP contribution < -0.4 is 4.90 Å². The fourth-order valence-electron chi connectivity index (χ4n) is 2.57. The van der Waals surface area contributed by atoms with Crippen molar-refractivity contribution in [3.05, 3.63) is 82.9 Å². The van der Waals surface area contributed by atoms with E-state index >= 15 is 0 Å². The minimum Gasteiger partial charge on any atom is -0.378 e. The van der Waals surface area contributed by atoms with Crippen LogP contribution in [0.1, 0.15) is 16.7 Å². The van der Waals surface area contributed by atoms with E-state index in [9.17, 15) is 4.79 Å². The van der Waals surface area contributed by atoms with Crippen LogP contribution in [0.25, 0.3) is 6.08 Å². The summed E-state index contributed by atoms with van der Waals surface area (Å²) in [5.41, 5.74) is 5.22. The number of rotatable bonds is 4. The molecule has 0 N–H and O–H groups in total. The lowest BCUT2D eigenvalue weighted by molar-refractivity contribution is -0.136. The first-order valence-corrected chi connectivity index (χ1v) is 8.07. The molecule has 0 saturated heterocycles. The Balaban J connectivity index is 1.81. The Morgan fingerprint density at radius 1 is 1.08 bits per heavy atom. The van der Waals surface area contributed by atoms with Gasteiger partial charge in [-0.05, 0) is 36.8 Å². The van der Waals surface area contributed by atoms with E-state index in [0.29, 0.717) is 11.3 Å². The Kier molecular flexibility index (Phi) is 4.80. The van der Waals surface area contributed by atoms with Gasteiger partial charge in [0.2, 0.25) is 0 Å². The van der Waals surface area contributed by atoms with E-state index in [4.69, 9.17) is 4.84 Å². The van der Waals surface area contributed by atoms with E-state index in [1.54, 1.807) is 6.08 Å². The van der Waals surface area contributed by atoms with Crippen molar-refractivity contribution in [3.63, 3.8) is 0 Å². The minimum atomic E-state index is -0.427. The van der Waals surface area contributed by atoms with Crippen molar-refractivity contribution in [2.24, 2.45) is 5.16 Å². The van der Waals surface area contributed by atoms with Gasteiger partial charge in [0.05, 0.1) is 5.57 Å². The lowest BCUT2D eigenvalue weighted by Crippen LogP contribution is -2.07. The number of aryl methyl sites for hydroxylation is 1. The third-order valence-electron chi connectivity index (χ3n) is 3.95. The molecule has 0 aliphatic carbocycles. The number of benzene rings is 2. The molecule has 0 atom stereocenters. The molecule has 4 nitrogen and oxygen atoms in total. The molecule has 0 radical (unpaired) electrons. The van der Waals surface area contributed by atoms with Crippen molar-refractivity contribution in [2.75, 3.05) is 19.0 Å². The summed E-state index contributed by atoms with van der Waals surface area (Å²) in [6.45, 7) is 2.00. The first kappa shape index (κ1) is 16.7. The molecule has 4 heteroatoms. The second-order valence-corrected chi connectivity index (χ2v) is 6.11. The molecule has 0 fully saturated rings. The monoisotopic (exact) mass is 332 g/mol. The van der Waals surface area contributed by atoms with Crippen molar-refractivity contribution >= 4 is 23.4 Å². The van der Waals surface area contributed by atoms with Gasteiger partial charge in [-0.15, -0.1) is 0 Å². The Labute approximate surface area is 147 Å². The van der Waals surface area contributed by atoms with Crippen LogP contribution in [0.15, 0.2) is 71.4 Å². The Hall–Kier alpha value is -3.14. The number of oxime groups is 1. The SMILES string of the molecule is Cc1cccc(C2=NOC(=O)C2=CC=Cc2ccc(N(C)C)cc2)c1. The Bertz CT molecular complexity index is 875. The molecule has 0 aromatic heterocycles. The third-order valence-corrected chi connectivity index (χ3v) is 3.95. The maximum atomic E-state index is 12.0. The largest absolute Gasteiger partial charge is 0.378 e. The maximum absolute atomic E-state index is 12.0. The standard InChI is InChI=1S/C21H20N2O2/c1-15-6-4-8-17(14-15)20-19(21(24)25-22-20)9-5-7-16-10-12-18(13-11-16)23(2)3/h4-14H,1-3H3. The molecule has 2 aromatic rings. The van der Waals surface area contributed by atoms with Crippen LogP contribution in [-0.2, 0) is 9.63 Å². The highest BCUT2D eigenvalue weighted by Gasteiger charge is 2.26. The zero-order chi connectivity index (χ0) is 17.8. The maximum Gasteiger partial charge on any atom is 0.368 e. The molecule has 0 bridgehead atoms. The van der Waals surface area contributed by atoms with Crippen LogP contribution in [0.5, 0.6) is 0 Å². The van der Waals surface area contributed by atoms with Crippen LogP contribution in [0.2, 0.25) is 0 Å². The van der Waals surface area contributed by atoms with E-state index in [-0.39, 0.29) is 0 Å². The second kappa shape index (κ2) is 7.18. The van der Waals surface area contributed by atoms with E-state index in [0.717, 1.165) is 22.4 Å². The molecule has 1 aliphatic heterocycles. The van der Waals surface area contributed by atoms with Gasteiger partial charge in [0.25, 0.3) is 0 Å². The quantitative estimate of drug-likeness (QED) is 0.628. The van der Waals surface area contributed by atoms with Crippen LogP contribution in [0, 0.1) is 6.92 Å². The highest BCUT2D eigenvalue weighted by molar-refractivity contribution is 6.29. The summed E-state index contributed by atoms with van der Waals surface area (Å²) in [4.78, 5) is 18.9. The summed E-state index contributed by atoms with van der Waals surface area (Å²) >= 11 is 0. The van der Waals surface area contributed by atoms with Crippen molar-refractivity contribution in [2.45, 2.75) is 6.92 Å². The lowest BCUT2D eigenvalue weighted by Gasteiger charge is -2.11. The normalized spacial score (nSPS) is 15.6. The van der Waals surface area contributed by atoms with Crippen LogP contribution in [0.4, 0.5) is 5.69 Å². The van der Waals surface area contributed by atoms with Crippen molar-refractivity contribution in [3.8, 4) is 0 Å². The molecule has 3 rings (SSSR count). The van der Waals surface area contributed by atoms with Crippen LogP contribution in [-0.4, -0.2) is 25.8 Å². The van der Waals surface area contributed by atoms with Crippen molar-refractivity contribution < 1.29 is 9.63 Å². The van der Waals surface area contributed by atoms with Gasteiger partial charge >= 0.3 is 5.97 Å². The van der Waals surface area contributed by atoms with Gasteiger partial charge in [0.1, 0.15) is 5.71 Å². The summed E-state index contributed by atoms with van der Waals surface area (Å²) in [6.07, 6.45) is 5.54. The predicted molar refractivity (Wildman–Crippen MR) is 102 cm³/mol. The molecule has 0 unspecified atom stereocenters. The molecular formula is C21H20N2O2. The fraction of sp³-hybridized carbons (Fsp3) is 0.143. The number of hydrogen-bond donors (Lipinski definition) is 0. The van der Waals surface area contributed by atoms with Gasteiger partial charge in [0.15, 0.2) is 0 Å². The predicted octanol–water partition coefficient (Wildman–Crippen LogP) is 3.96. The van der Waals surface area contributed by atoms with Gasteiger partial charge in [-0.25, -0.2) is 4.79 Å². The number of carbonyl (C=O) groups excluding carboxylic acids is 1. The molecule has 0 saturated carbocycles. The molecule has 2 aromatic carbocycles. The van der Waals surface area contributed by atoms with Gasteiger partial charge in [-0.2, -0.15) is 0 Å². The number of carbonyl (C=O) groups is 1. The van der Waals surface area contributed by atoms with Gasteiger partial charge in [0, 0.05) is 25.3 Å². The van der Waals surface area contributed by atoms with Crippen molar-refractivity contribution in [1.29, 1.82) is 0 Å². The third kappa shape index (κ3) is 3.86. The topological polar surface area (TPSA) is 41.9 Å². The molecule has 1 heterocycles. The lowest BCUT2D eigenvalue weighted by atomic mass is 10.0. The van der Waals surface area contributed by atoms with Crippen LogP contribution >= 0.6 is 0 Å². The first-order valence-electron chi connectivity index (χ1n) is 8.07. The van der Waals surface area contributed by atoms with E-state index in [2.05, 4.69) is 22.2 Å². The van der Waals surface area contributed by atoms with Gasteiger partial charge < -0.3 is 9.74 Å². The van der Waals surface area contributed by atoms with Crippen LogP contribution in [0.3, 0.4) is 0 Å². The summed E-state index contributed by atoms with van der Waals surface area (Å²) in [6, 6.07) is 16.0. The van der Waals surface area contributed by atoms with Gasteiger partial charge in [-0.3, -0.25) is 0 Å². The summed E-state index contributed by atoms with van der Waals surface area (Å²) in [5.74, 6) is -0.427. The zero-order valence-corrected chi connectivity index (χ0v) is 14.6. The van der Waals surface area contributed by atoms with E-state index < -0.39 is 5.97 Å². The van der Waals surface area contributed by atoms with Gasteiger partial charge in [-0.1, -0.05) is 53.2 Å². The average Bonchev–Trinajstić information content (AvgIpc) is 2.96. The van der Waals surface area contributed by atoms with Crippen molar-refractivity contribution in [1.82, 2.24) is 0 Å². The number of anilines is 1.